The highest BCUT2D eigenvalue weighted by Crippen LogP contribution is 2.48. The van der Waals surface area contributed by atoms with E-state index < -0.39 is 0 Å². The molecule has 1 N–H and O–H groups in total. The minimum Gasteiger partial charge on any atom is -0.456 e. The Morgan fingerprint density at radius 2 is 1.44 bits per heavy atom. The van der Waals surface area contributed by atoms with Crippen molar-refractivity contribution in [3.63, 3.8) is 0 Å². The van der Waals surface area contributed by atoms with Crippen LogP contribution in [0.15, 0.2) is 101 Å². The lowest BCUT2D eigenvalue weighted by Crippen LogP contribution is -2.18. The van der Waals surface area contributed by atoms with Crippen molar-refractivity contribution in [3.8, 4) is 5.75 Å². The van der Waals surface area contributed by atoms with Gasteiger partial charge in [-0.3, -0.25) is 4.57 Å². The van der Waals surface area contributed by atoms with Crippen molar-refractivity contribution in [2.45, 2.75) is 6.35 Å². The van der Waals surface area contributed by atoms with Crippen molar-refractivity contribution in [2.75, 3.05) is 5.32 Å². The zero-order valence-corrected chi connectivity index (χ0v) is 19.8. The van der Waals surface area contributed by atoms with Crippen molar-refractivity contribution in [2.24, 2.45) is 0 Å². The van der Waals surface area contributed by atoms with Crippen LogP contribution in [0.2, 0.25) is 0 Å². The molecule has 0 radical (unpaired) electrons. The summed E-state index contributed by atoms with van der Waals surface area (Å²) in [5.74, 6) is 0.844. The molecule has 3 aromatic heterocycles. The maximum atomic E-state index is 6.71. The van der Waals surface area contributed by atoms with E-state index in [9.17, 15) is 0 Å². The summed E-state index contributed by atoms with van der Waals surface area (Å²) < 4.78 is 17.7. The molecule has 1 unspecified atom stereocenters. The normalized spacial score (nSPS) is 15.4. The second kappa shape index (κ2) is 6.59. The van der Waals surface area contributed by atoms with Crippen molar-refractivity contribution >= 4 is 80.9 Å². The summed E-state index contributed by atoms with van der Waals surface area (Å²) in [4.78, 5) is 0. The SMILES string of the molecule is c1ccc2c(c1)oc1ccc3c(c12)OC(n1c2ccccc2c2cc4c(cc21)sc1ccccc14)N3. The first-order valence-electron chi connectivity index (χ1n) is 12.0. The Bertz CT molecular complexity index is 2180. The van der Waals surface area contributed by atoms with E-state index in [0.717, 1.165) is 44.4 Å². The number of thiophene rings is 1. The number of hydrogen-bond acceptors (Lipinski definition) is 4. The molecule has 0 amide bonds. The van der Waals surface area contributed by atoms with Crippen molar-refractivity contribution < 1.29 is 9.15 Å². The van der Waals surface area contributed by atoms with Crippen LogP contribution >= 0.6 is 11.3 Å². The number of aromatic nitrogens is 1. The van der Waals surface area contributed by atoms with E-state index in [1.807, 2.05) is 35.6 Å². The topological polar surface area (TPSA) is 39.3 Å². The molecule has 4 nitrogen and oxygen atoms in total. The molecule has 0 saturated heterocycles. The van der Waals surface area contributed by atoms with Gasteiger partial charge in [0.1, 0.15) is 11.2 Å². The molecule has 5 heteroatoms. The Labute approximate surface area is 208 Å². The first kappa shape index (κ1) is 18.8. The van der Waals surface area contributed by atoms with Gasteiger partial charge in [0.2, 0.25) is 0 Å². The van der Waals surface area contributed by atoms with Crippen LogP contribution in [-0.4, -0.2) is 4.57 Å². The lowest BCUT2D eigenvalue weighted by atomic mass is 10.1. The van der Waals surface area contributed by atoms with Gasteiger partial charge in [-0.25, -0.2) is 0 Å². The number of furan rings is 1. The maximum absolute atomic E-state index is 6.71. The Morgan fingerprint density at radius 3 is 2.39 bits per heavy atom. The molecule has 5 aromatic carbocycles. The molecule has 8 aromatic rings. The third kappa shape index (κ3) is 2.33. The molecule has 0 fully saturated rings. The molecular weight excluding hydrogens is 464 g/mol. The third-order valence-corrected chi connectivity index (χ3v) is 8.58. The Kier molecular flexibility index (Phi) is 3.44. The Hall–Kier alpha value is -4.48. The maximum Gasteiger partial charge on any atom is 0.255 e. The largest absolute Gasteiger partial charge is 0.456 e. The second-order valence-corrected chi connectivity index (χ2v) is 10.5. The van der Waals surface area contributed by atoms with Crippen molar-refractivity contribution in [1.82, 2.24) is 4.57 Å². The van der Waals surface area contributed by atoms with Crippen molar-refractivity contribution in [3.05, 3.63) is 97.1 Å². The van der Waals surface area contributed by atoms with Crippen LogP contribution in [0.4, 0.5) is 5.69 Å². The first-order chi connectivity index (χ1) is 17.8. The lowest BCUT2D eigenvalue weighted by Gasteiger charge is -2.16. The van der Waals surface area contributed by atoms with Gasteiger partial charge >= 0.3 is 0 Å². The standard InChI is InChI=1S/C31H18N2O2S/c1-4-10-23-17(7-1)20-15-21-18-8-3-6-12-27(18)36-28(21)16-24(20)33(23)31-32-22-13-14-26-29(30(22)35-31)19-9-2-5-11-25(19)34-26/h1-16,31-32H. The smallest absolute Gasteiger partial charge is 0.255 e. The van der Waals surface area contributed by atoms with Gasteiger partial charge in [-0.15, -0.1) is 11.3 Å². The zero-order chi connectivity index (χ0) is 23.4. The lowest BCUT2D eigenvalue weighted by molar-refractivity contribution is 0.195. The number of nitrogens with one attached hydrogen (secondary N) is 1. The number of para-hydroxylation sites is 2. The Balaban J connectivity index is 1.31. The molecule has 0 bridgehead atoms. The number of anilines is 1. The third-order valence-electron chi connectivity index (χ3n) is 7.45. The number of fused-ring (bicyclic) bond motifs is 11. The fraction of sp³-hybridized carbons (Fsp3) is 0.0323. The van der Waals surface area contributed by atoms with Crippen molar-refractivity contribution in [1.29, 1.82) is 0 Å². The predicted molar refractivity (Wildman–Crippen MR) is 149 cm³/mol. The summed E-state index contributed by atoms with van der Waals surface area (Å²) >= 11 is 1.84. The fourth-order valence-electron chi connectivity index (χ4n) is 5.88. The molecule has 170 valence electrons. The van der Waals surface area contributed by atoms with Crippen LogP contribution < -0.4 is 10.1 Å². The van der Waals surface area contributed by atoms with E-state index in [-0.39, 0.29) is 6.35 Å². The molecule has 4 heterocycles. The molecule has 0 saturated carbocycles. The van der Waals surface area contributed by atoms with Crippen LogP contribution in [-0.2, 0) is 0 Å². The predicted octanol–water partition coefficient (Wildman–Crippen LogP) is 9.02. The molecule has 1 aliphatic rings. The van der Waals surface area contributed by atoms with Gasteiger partial charge < -0.3 is 14.5 Å². The van der Waals surface area contributed by atoms with E-state index in [0.29, 0.717) is 0 Å². The van der Waals surface area contributed by atoms with Gasteiger partial charge in [-0.05, 0) is 42.5 Å². The number of hydrogen-bond donors (Lipinski definition) is 1. The van der Waals surface area contributed by atoms with Gasteiger partial charge in [-0.2, -0.15) is 0 Å². The molecule has 1 atom stereocenters. The molecule has 0 spiro atoms. The molecule has 0 aliphatic carbocycles. The van der Waals surface area contributed by atoms with Gasteiger partial charge in [0.25, 0.3) is 6.35 Å². The van der Waals surface area contributed by atoms with E-state index >= 15 is 0 Å². The highest BCUT2D eigenvalue weighted by atomic mass is 32.1. The zero-order valence-electron chi connectivity index (χ0n) is 19.0. The molecule has 1 aliphatic heterocycles. The molecular formula is C31H18N2O2S. The van der Waals surface area contributed by atoms with Crippen LogP contribution in [0, 0.1) is 0 Å². The summed E-state index contributed by atoms with van der Waals surface area (Å²) in [5, 5.41) is 10.8. The molecule has 9 rings (SSSR count). The Morgan fingerprint density at radius 1 is 0.639 bits per heavy atom. The van der Waals surface area contributed by atoms with E-state index in [1.165, 1.54) is 30.9 Å². The second-order valence-electron chi connectivity index (χ2n) is 9.38. The first-order valence-corrected chi connectivity index (χ1v) is 12.9. The van der Waals surface area contributed by atoms with Gasteiger partial charge in [0.05, 0.1) is 22.1 Å². The van der Waals surface area contributed by atoms with Crippen LogP contribution in [0.1, 0.15) is 6.35 Å². The summed E-state index contributed by atoms with van der Waals surface area (Å²) in [6.07, 6.45) is -0.367. The van der Waals surface area contributed by atoms with Gasteiger partial charge in [0.15, 0.2) is 5.75 Å². The van der Waals surface area contributed by atoms with Gasteiger partial charge in [-0.1, -0.05) is 54.6 Å². The summed E-state index contributed by atoms with van der Waals surface area (Å²) in [7, 11) is 0. The number of ether oxygens (including phenoxy) is 1. The number of rotatable bonds is 1. The summed E-state index contributed by atoms with van der Waals surface area (Å²) in [5.41, 5.74) is 5.00. The quantitative estimate of drug-likeness (QED) is 0.254. The monoisotopic (exact) mass is 482 g/mol. The average Bonchev–Trinajstić information content (AvgIpc) is 3.66. The minimum atomic E-state index is -0.367. The molecule has 36 heavy (non-hydrogen) atoms. The van der Waals surface area contributed by atoms with E-state index in [1.54, 1.807) is 0 Å². The number of nitrogens with zero attached hydrogens (tertiary/aromatic N) is 1. The highest BCUT2D eigenvalue weighted by molar-refractivity contribution is 7.25. The average molecular weight is 483 g/mol. The summed E-state index contributed by atoms with van der Waals surface area (Å²) in [6, 6.07) is 34.2. The van der Waals surface area contributed by atoms with Crippen LogP contribution in [0.25, 0.3) is 63.9 Å². The van der Waals surface area contributed by atoms with Gasteiger partial charge in [0, 0.05) is 36.3 Å². The fourth-order valence-corrected chi connectivity index (χ4v) is 7.00. The minimum absolute atomic E-state index is 0.367. The van der Waals surface area contributed by atoms with E-state index in [2.05, 4.69) is 82.7 Å². The summed E-state index contributed by atoms with van der Waals surface area (Å²) in [6.45, 7) is 0. The van der Waals surface area contributed by atoms with Crippen LogP contribution in [0.5, 0.6) is 5.75 Å². The number of benzene rings is 5. The van der Waals surface area contributed by atoms with Crippen LogP contribution in [0.3, 0.4) is 0 Å². The van der Waals surface area contributed by atoms with E-state index in [4.69, 9.17) is 9.15 Å². The highest BCUT2D eigenvalue weighted by Gasteiger charge is 2.30.